The molecule has 13 heteroatoms. The average Bonchev–Trinajstić information content (AvgIpc) is 3.58. The van der Waals surface area contributed by atoms with Crippen molar-refractivity contribution < 1.29 is 32.1 Å². The molecule has 2 aromatic heterocycles. The van der Waals surface area contributed by atoms with Gasteiger partial charge in [-0.2, -0.15) is 8.42 Å². The number of anilines is 1. The van der Waals surface area contributed by atoms with Gasteiger partial charge in [0.1, 0.15) is 11.0 Å². The van der Waals surface area contributed by atoms with Crippen LogP contribution >= 0.6 is 0 Å². The molecule has 0 aliphatic carbocycles. The zero-order chi connectivity index (χ0) is 31.9. The van der Waals surface area contributed by atoms with Crippen LogP contribution in [0.5, 0.6) is 5.75 Å². The maximum Gasteiger partial charge on any atom is 0.270 e. The number of ether oxygens (including phenoxy) is 1. The Morgan fingerprint density at radius 2 is 1.89 bits per heavy atom. The summed E-state index contributed by atoms with van der Waals surface area (Å²) >= 11 is 0. The number of aromatic nitrogens is 3. The summed E-state index contributed by atoms with van der Waals surface area (Å²) < 4.78 is 44.1. The highest BCUT2D eigenvalue weighted by molar-refractivity contribution is 7.86. The van der Waals surface area contributed by atoms with Gasteiger partial charge in [-0.05, 0) is 68.0 Å². The van der Waals surface area contributed by atoms with E-state index >= 15 is 0 Å². The number of Topliss-reactive ketones (excluding diaryl/α,β-unsaturated/α-hetero) is 1. The van der Waals surface area contributed by atoms with Crippen molar-refractivity contribution in [1.29, 1.82) is 0 Å². The van der Waals surface area contributed by atoms with Gasteiger partial charge in [-0.25, -0.2) is 4.98 Å². The van der Waals surface area contributed by atoms with Crippen molar-refractivity contribution in [2.45, 2.75) is 57.2 Å². The third-order valence-electron chi connectivity index (χ3n) is 8.29. The Bertz CT molecular complexity index is 1750. The Morgan fingerprint density at radius 3 is 2.57 bits per heavy atom. The van der Waals surface area contributed by atoms with Gasteiger partial charge in [0, 0.05) is 57.1 Å². The predicted octanol–water partition coefficient (Wildman–Crippen LogP) is 3.18. The van der Waals surface area contributed by atoms with E-state index in [1.54, 1.807) is 36.9 Å². The van der Waals surface area contributed by atoms with Crippen LogP contribution in [0.4, 0.5) is 5.82 Å². The lowest BCUT2D eigenvalue weighted by Gasteiger charge is -2.26. The number of nitrogens with zero attached hydrogens (tertiary/aromatic N) is 4. The normalized spacial score (nSPS) is 18.2. The largest absolute Gasteiger partial charge is 0.493 e. The van der Waals surface area contributed by atoms with Gasteiger partial charge in [0.15, 0.2) is 11.6 Å². The van der Waals surface area contributed by atoms with Crippen molar-refractivity contribution in [3.63, 3.8) is 0 Å². The summed E-state index contributed by atoms with van der Waals surface area (Å²) in [5.41, 5.74) is 4.25. The lowest BCUT2D eigenvalue weighted by atomic mass is 9.98. The van der Waals surface area contributed by atoms with Gasteiger partial charge < -0.3 is 24.1 Å². The van der Waals surface area contributed by atoms with E-state index in [0.717, 1.165) is 16.8 Å². The molecule has 2 aliphatic heterocycles. The van der Waals surface area contributed by atoms with E-state index in [-0.39, 0.29) is 61.7 Å². The topological polar surface area (TPSA) is 153 Å². The fraction of sp³-hybridized carbons (Fsp3) is 0.419. The molecule has 0 radical (unpaired) electrons. The van der Waals surface area contributed by atoms with Gasteiger partial charge in [-0.3, -0.25) is 18.9 Å². The summed E-state index contributed by atoms with van der Waals surface area (Å²) in [7, 11) is -0.818. The molecule has 4 heterocycles. The van der Waals surface area contributed by atoms with Crippen molar-refractivity contribution in [3.05, 3.63) is 76.5 Å². The van der Waals surface area contributed by atoms with Crippen molar-refractivity contribution in [3.8, 4) is 5.75 Å². The zero-order valence-electron chi connectivity index (χ0n) is 25.3. The van der Waals surface area contributed by atoms with E-state index in [4.69, 9.17) is 4.74 Å². The highest BCUT2D eigenvalue weighted by Crippen LogP contribution is 2.36. The van der Waals surface area contributed by atoms with Crippen molar-refractivity contribution in [2.75, 3.05) is 18.5 Å². The molecule has 234 valence electrons. The molecule has 0 bridgehead atoms. The minimum atomic E-state index is -4.44. The van der Waals surface area contributed by atoms with E-state index in [2.05, 4.69) is 16.9 Å². The van der Waals surface area contributed by atoms with Gasteiger partial charge >= 0.3 is 0 Å². The number of ketones is 1. The SMILES string of the molecule is C=C1C[C@H]2C(S(=O)(=O)O)Cc3cc(OCCCC(=O)Nc4cn(C)c(C(=O)Cc5cc(C)n(C)c5)n4)c(C)cc3C(=O)N2C1. The molecular weight excluding hydrogens is 586 g/mol. The van der Waals surface area contributed by atoms with Gasteiger partial charge in [0.25, 0.3) is 16.0 Å². The summed E-state index contributed by atoms with van der Waals surface area (Å²) in [6, 6.07) is 4.61. The van der Waals surface area contributed by atoms with E-state index in [1.165, 1.54) is 4.90 Å². The monoisotopic (exact) mass is 623 g/mol. The number of benzene rings is 1. The molecule has 2 amide bonds. The third kappa shape index (κ3) is 6.48. The molecule has 2 aliphatic rings. The summed E-state index contributed by atoms with van der Waals surface area (Å²) in [6.07, 6.45) is 4.50. The Balaban J connectivity index is 1.18. The Labute approximate surface area is 256 Å². The number of carbonyl (C=O) groups is 3. The molecule has 1 aromatic carbocycles. The van der Waals surface area contributed by atoms with Crippen LogP contribution in [0.3, 0.4) is 0 Å². The first-order valence-electron chi connectivity index (χ1n) is 14.4. The second-order valence-corrected chi connectivity index (χ2v) is 13.4. The van der Waals surface area contributed by atoms with Crippen LogP contribution < -0.4 is 10.1 Å². The van der Waals surface area contributed by atoms with Gasteiger partial charge in [0.05, 0.1) is 12.6 Å². The number of amides is 2. The van der Waals surface area contributed by atoms with Crippen LogP contribution in [0.2, 0.25) is 0 Å². The minimum Gasteiger partial charge on any atom is -0.493 e. The molecule has 1 fully saturated rings. The fourth-order valence-electron chi connectivity index (χ4n) is 5.97. The number of hydrogen-bond acceptors (Lipinski definition) is 7. The highest BCUT2D eigenvalue weighted by Gasteiger charge is 2.45. The van der Waals surface area contributed by atoms with E-state index in [9.17, 15) is 27.4 Å². The molecular formula is C31H37N5O7S. The molecule has 2 atom stereocenters. The van der Waals surface area contributed by atoms with Crippen LogP contribution in [0, 0.1) is 13.8 Å². The first-order chi connectivity index (χ1) is 20.7. The summed E-state index contributed by atoms with van der Waals surface area (Å²) in [5, 5.41) is 1.56. The van der Waals surface area contributed by atoms with E-state index in [0.29, 0.717) is 35.3 Å². The first-order valence-corrected chi connectivity index (χ1v) is 15.9. The zero-order valence-corrected chi connectivity index (χ0v) is 26.1. The molecule has 2 N–H and O–H groups in total. The Hall–Kier alpha value is -4.23. The van der Waals surface area contributed by atoms with Gasteiger partial charge in [-0.1, -0.05) is 12.2 Å². The van der Waals surface area contributed by atoms with Crippen LogP contribution in [-0.2, 0) is 41.8 Å². The molecule has 12 nitrogen and oxygen atoms in total. The molecule has 3 aromatic rings. The lowest BCUT2D eigenvalue weighted by molar-refractivity contribution is -0.116. The molecule has 44 heavy (non-hydrogen) atoms. The number of rotatable bonds is 10. The summed E-state index contributed by atoms with van der Waals surface area (Å²) in [5.74, 6) is 0.277. The second kappa shape index (κ2) is 12.0. The quantitative estimate of drug-likeness (QED) is 0.151. The summed E-state index contributed by atoms with van der Waals surface area (Å²) in [4.78, 5) is 44.5. The third-order valence-corrected chi connectivity index (χ3v) is 9.54. The van der Waals surface area contributed by atoms with Crippen molar-refractivity contribution >= 4 is 33.5 Å². The van der Waals surface area contributed by atoms with Gasteiger partial charge in [0.2, 0.25) is 11.7 Å². The second-order valence-electron chi connectivity index (χ2n) is 11.7. The number of nitrogens with one attached hydrogen (secondary N) is 1. The standard InChI is InChI=1S/C31H37N5O7S/c1-18-9-24-27(44(40,41)42)14-22-13-26(19(2)10-23(22)31(39)36(24)15-18)43-8-6-7-29(38)32-28-17-35(5)30(33-28)25(37)12-21-11-20(3)34(4)16-21/h10-11,13,16-17,24,27H,1,6-9,12,14-15H2,2-5H3,(H,32,38)(H,40,41,42)/t24-,27?/m0/s1. The highest BCUT2D eigenvalue weighted by atomic mass is 32.2. The Morgan fingerprint density at radius 1 is 1.14 bits per heavy atom. The predicted molar refractivity (Wildman–Crippen MR) is 164 cm³/mol. The molecule has 1 saturated heterocycles. The molecule has 1 unspecified atom stereocenters. The van der Waals surface area contributed by atoms with Crippen molar-refractivity contribution in [1.82, 2.24) is 19.0 Å². The fourth-order valence-corrected chi connectivity index (χ4v) is 7.00. The van der Waals surface area contributed by atoms with Crippen LogP contribution in [0.25, 0.3) is 0 Å². The molecule has 0 saturated carbocycles. The van der Waals surface area contributed by atoms with Crippen LogP contribution in [0.15, 0.2) is 42.7 Å². The lowest BCUT2D eigenvalue weighted by Crippen LogP contribution is -2.44. The summed E-state index contributed by atoms with van der Waals surface area (Å²) in [6.45, 7) is 8.12. The minimum absolute atomic E-state index is 0.0348. The smallest absolute Gasteiger partial charge is 0.270 e. The number of carbonyl (C=O) groups excluding carboxylic acids is 3. The van der Waals surface area contributed by atoms with Crippen LogP contribution in [-0.4, -0.2) is 74.0 Å². The number of imidazole rings is 1. The van der Waals surface area contributed by atoms with E-state index < -0.39 is 21.4 Å². The van der Waals surface area contributed by atoms with Crippen molar-refractivity contribution in [2.24, 2.45) is 14.1 Å². The Kier molecular flexibility index (Phi) is 8.54. The van der Waals surface area contributed by atoms with Gasteiger partial charge in [-0.15, -0.1) is 0 Å². The number of aryl methyl sites for hydroxylation is 4. The van der Waals surface area contributed by atoms with Crippen LogP contribution in [0.1, 0.15) is 62.6 Å². The first kappa shape index (κ1) is 31.2. The molecule has 0 spiro atoms. The maximum absolute atomic E-state index is 13.3. The number of fused-ring (bicyclic) bond motifs is 2. The molecule has 5 rings (SSSR count). The number of hydrogen-bond donors (Lipinski definition) is 2. The average molecular weight is 624 g/mol. The maximum atomic E-state index is 13.3. The van der Waals surface area contributed by atoms with E-state index in [1.807, 2.05) is 30.8 Å².